The minimum atomic E-state index is -0.0580. The van der Waals surface area contributed by atoms with E-state index in [0.29, 0.717) is 0 Å². The van der Waals surface area contributed by atoms with E-state index in [1.54, 1.807) is 0 Å². The van der Waals surface area contributed by atoms with E-state index in [9.17, 15) is 0 Å². The van der Waals surface area contributed by atoms with Crippen molar-refractivity contribution >= 4 is 23.4 Å². The van der Waals surface area contributed by atoms with Gasteiger partial charge in [0, 0.05) is 27.9 Å². The fourth-order valence-corrected chi connectivity index (χ4v) is 2.75. The topological polar surface area (TPSA) is 25.8 Å². The summed E-state index contributed by atoms with van der Waals surface area (Å²) in [6.45, 7) is 6.06. The molecule has 1 atom stereocenters. The van der Waals surface area contributed by atoms with Gasteiger partial charge >= 0.3 is 0 Å². The Balaban J connectivity index is 2.29. The second kappa shape index (κ2) is 6.40. The second-order valence-corrected chi connectivity index (χ2v) is 6.30. The monoisotopic (exact) mass is 292 g/mol. The van der Waals surface area contributed by atoms with Crippen molar-refractivity contribution in [3.05, 3.63) is 41.7 Å². The molecule has 2 rings (SSSR count). The lowest BCUT2D eigenvalue weighted by atomic mass is 10.1. The predicted octanol–water partition coefficient (Wildman–Crippen LogP) is 4.86. The first-order valence-electron chi connectivity index (χ1n) is 6.32. The summed E-state index contributed by atoms with van der Waals surface area (Å²) in [5, 5.41) is -0.0580. The molecule has 1 heterocycles. The van der Waals surface area contributed by atoms with Gasteiger partial charge in [0.25, 0.3) is 0 Å². The van der Waals surface area contributed by atoms with Gasteiger partial charge < -0.3 is 0 Å². The maximum absolute atomic E-state index is 6.08. The number of thioether (sulfide) groups is 1. The minimum Gasteiger partial charge on any atom is -0.236 e. The molecule has 2 nitrogen and oxygen atoms in total. The molecule has 0 radical (unpaired) electrons. The Morgan fingerprint density at radius 2 is 1.95 bits per heavy atom. The van der Waals surface area contributed by atoms with Gasteiger partial charge in [-0.1, -0.05) is 19.1 Å². The Morgan fingerprint density at radius 3 is 2.47 bits per heavy atom. The van der Waals surface area contributed by atoms with Crippen LogP contribution in [0, 0.1) is 6.92 Å². The Bertz CT molecular complexity index is 553. The number of nitrogens with zero attached hydrogens (tertiary/aromatic N) is 2. The normalized spacial score (nSPS) is 12.4. The Labute approximate surface area is 123 Å². The molecule has 0 fully saturated rings. The average molecular weight is 293 g/mol. The van der Waals surface area contributed by atoms with E-state index >= 15 is 0 Å². The van der Waals surface area contributed by atoms with E-state index in [0.717, 1.165) is 28.4 Å². The molecule has 1 aromatic carbocycles. The molecule has 0 bridgehead atoms. The van der Waals surface area contributed by atoms with Crippen LogP contribution in [0.5, 0.6) is 0 Å². The standard InChI is InChI=1S/C15H17ClN2S/c1-4-19-13-7-5-12(6-8-13)15-17-9-14(10(2)16)11(3)18-15/h5-10H,4H2,1-3H3. The first-order valence-corrected chi connectivity index (χ1v) is 7.75. The highest BCUT2D eigenvalue weighted by atomic mass is 35.5. The number of hydrogen-bond donors (Lipinski definition) is 0. The number of aryl methyl sites for hydroxylation is 1. The molecule has 0 aliphatic carbocycles. The van der Waals surface area contributed by atoms with Crippen LogP contribution in [0.1, 0.15) is 30.5 Å². The van der Waals surface area contributed by atoms with Gasteiger partial charge in [0.05, 0.1) is 5.38 Å². The summed E-state index contributed by atoms with van der Waals surface area (Å²) in [5.41, 5.74) is 2.97. The molecule has 0 spiro atoms. The second-order valence-electron chi connectivity index (χ2n) is 4.31. The first kappa shape index (κ1) is 14.4. The van der Waals surface area contributed by atoms with Crippen molar-refractivity contribution < 1.29 is 0 Å². The Kier molecular flexibility index (Phi) is 4.83. The minimum absolute atomic E-state index is 0.0580. The SMILES string of the molecule is CCSc1ccc(-c2ncc(C(C)Cl)c(C)n2)cc1. The summed E-state index contributed by atoms with van der Waals surface area (Å²) in [7, 11) is 0. The summed E-state index contributed by atoms with van der Waals surface area (Å²) < 4.78 is 0. The number of aromatic nitrogens is 2. The van der Waals surface area contributed by atoms with Crippen LogP contribution in [-0.2, 0) is 0 Å². The van der Waals surface area contributed by atoms with Crippen LogP contribution in [-0.4, -0.2) is 15.7 Å². The van der Waals surface area contributed by atoms with Crippen LogP contribution >= 0.6 is 23.4 Å². The van der Waals surface area contributed by atoms with E-state index in [1.165, 1.54) is 4.90 Å². The molecule has 0 saturated heterocycles. The molecule has 0 amide bonds. The zero-order chi connectivity index (χ0) is 13.8. The summed E-state index contributed by atoms with van der Waals surface area (Å²) in [6, 6.07) is 8.35. The largest absolute Gasteiger partial charge is 0.236 e. The number of alkyl halides is 1. The van der Waals surface area contributed by atoms with E-state index < -0.39 is 0 Å². The maximum atomic E-state index is 6.08. The summed E-state index contributed by atoms with van der Waals surface area (Å²) in [4.78, 5) is 10.2. The van der Waals surface area contributed by atoms with Crippen LogP contribution in [0.2, 0.25) is 0 Å². The van der Waals surface area contributed by atoms with Crippen molar-refractivity contribution in [1.29, 1.82) is 0 Å². The van der Waals surface area contributed by atoms with Crippen molar-refractivity contribution in [2.45, 2.75) is 31.0 Å². The van der Waals surface area contributed by atoms with Gasteiger partial charge in [-0.05, 0) is 31.7 Å². The van der Waals surface area contributed by atoms with E-state index in [4.69, 9.17) is 11.6 Å². The van der Waals surface area contributed by atoms with Crippen molar-refractivity contribution in [3.8, 4) is 11.4 Å². The van der Waals surface area contributed by atoms with Crippen LogP contribution < -0.4 is 0 Å². The van der Waals surface area contributed by atoms with E-state index in [2.05, 4.69) is 41.2 Å². The molecule has 0 aliphatic rings. The van der Waals surface area contributed by atoms with Crippen molar-refractivity contribution in [1.82, 2.24) is 9.97 Å². The lowest BCUT2D eigenvalue weighted by Crippen LogP contribution is -1.98. The molecule has 100 valence electrons. The van der Waals surface area contributed by atoms with Crippen LogP contribution in [0.25, 0.3) is 11.4 Å². The van der Waals surface area contributed by atoms with Gasteiger partial charge in [-0.3, -0.25) is 0 Å². The highest BCUT2D eigenvalue weighted by molar-refractivity contribution is 7.99. The molecule has 0 saturated carbocycles. The van der Waals surface area contributed by atoms with Crippen molar-refractivity contribution in [3.63, 3.8) is 0 Å². The lowest BCUT2D eigenvalue weighted by Gasteiger charge is -2.08. The third kappa shape index (κ3) is 3.48. The van der Waals surface area contributed by atoms with E-state index in [-0.39, 0.29) is 5.38 Å². The highest BCUT2D eigenvalue weighted by Gasteiger charge is 2.09. The lowest BCUT2D eigenvalue weighted by molar-refractivity contribution is 0.976. The highest BCUT2D eigenvalue weighted by Crippen LogP contribution is 2.25. The molecular weight excluding hydrogens is 276 g/mol. The summed E-state index contributed by atoms with van der Waals surface area (Å²) in [6.07, 6.45) is 1.82. The molecule has 0 aliphatic heterocycles. The maximum Gasteiger partial charge on any atom is 0.159 e. The molecule has 4 heteroatoms. The quantitative estimate of drug-likeness (QED) is 0.594. The van der Waals surface area contributed by atoms with E-state index in [1.807, 2.05) is 31.8 Å². The number of hydrogen-bond acceptors (Lipinski definition) is 3. The van der Waals surface area contributed by atoms with Crippen molar-refractivity contribution in [2.24, 2.45) is 0 Å². The summed E-state index contributed by atoms with van der Waals surface area (Å²) >= 11 is 7.91. The number of rotatable bonds is 4. The number of halogens is 1. The van der Waals surface area contributed by atoms with Gasteiger partial charge in [-0.15, -0.1) is 23.4 Å². The zero-order valence-corrected chi connectivity index (χ0v) is 12.9. The number of benzene rings is 1. The third-order valence-electron chi connectivity index (χ3n) is 2.87. The van der Waals surface area contributed by atoms with Crippen LogP contribution in [0.15, 0.2) is 35.4 Å². The Hall–Kier alpha value is -1.06. The van der Waals surface area contributed by atoms with Gasteiger partial charge in [0.2, 0.25) is 0 Å². The Morgan fingerprint density at radius 1 is 1.26 bits per heavy atom. The third-order valence-corrected chi connectivity index (χ3v) is 4.00. The predicted molar refractivity (Wildman–Crippen MR) is 82.9 cm³/mol. The molecule has 1 unspecified atom stereocenters. The van der Waals surface area contributed by atoms with Crippen LogP contribution in [0.4, 0.5) is 0 Å². The molecule has 1 aromatic heterocycles. The van der Waals surface area contributed by atoms with Crippen molar-refractivity contribution in [2.75, 3.05) is 5.75 Å². The molecule has 19 heavy (non-hydrogen) atoms. The summed E-state index contributed by atoms with van der Waals surface area (Å²) in [5.74, 6) is 1.84. The van der Waals surface area contributed by atoms with Gasteiger partial charge in [-0.2, -0.15) is 0 Å². The molecular formula is C15H17ClN2S. The zero-order valence-electron chi connectivity index (χ0n) is 11.4. The molecule has 0 N–H and O–H groups in total. The smallest absolute Gasteiger partial charge is 0.159 e. The van der Waals surface area contributed by atoms with Crippen LogP contribution in [0.3, 0.4) is 0 Å². The first-order chi connectivity index (χ1) is 9.11. The van der Waals surface area contributed by atoms with Gasteiger partial charge in [0.15, 0.2) is 5.82 Å². The van der Waals surface area contributed by atoms with Gasteiger partial charge in [0.1, 0.15) is 0 Å². The average Bonchev–Trinajstić information content (AvgIpc) is 2.39. The van der Waals surface area contributed by atoms with Gasteiger partial charge in [-0.25, -0.2) is 9.97 Å². The fraction of sp³-hybridized carbons (Fsp3) is 0.333. The molecule has 2 aromatic rings. The fourth-order valence-electron chi connectivity index (χ4n) is 1.87.